The van der Waals surface area contributed by atoms with Crippen molar-refractivity contribution in [1.29, 1.82) is 0 Å². The Morgan fingerprint density at radius 3 is 2.78 bits per heavy atom. The SMILES string of the molecule is CCCOCCCNS(=O)(=O)c1ccc(CN)s1. The van der Waals surface area contributed by atoms with Gasteiger partial charge in [-0.3, -0.25) is 0 Å². The second-order valence-corrected chi connectivity index (χ2v) is 6.95. The summed E-state index contributed by atoms with van der Waals surface area (Å²) in [5.41, 5.74) is 5.45. The molecule has 104 valence electrons. The summed E-state index contributed by atoms with van der Waals surface area (Å²) in [6.07, 6.45) is 1.65. The number of thiophene rings is 1. The third kappa shape index (κ3) is 5.03. The van der Waals surface area contributed by atoms with E-state index in [-0.39, 0.29) is 0 Å². The highest BCUT2D eigenvalue weighted by atomic mass is 32.2. The van der Waals surface area contributed by atoms with Gasteiger partial charge in [0.1, 0.15) is 4.21 Å². The van der Waals surface area contributed by atoms with Gasteiger partial charge in [-0.25, -0.2) is 13.1 Å². The molecule has 0 unspecified atom stereocenters. The Hall–Kier alpha value is -0.470. The molecule has 0 fully saturated rings. The highest BCUT2D eigenvalue weighted by molar-refractivity contribution is 7.91. The molecule has 0 saturated carbocycles. The molecule has 0 radical (unpaired) electrons. The normalized spacial score (nSPS) is 11.9. The van der Waals surface area contributed by atoms with Crippen LogP contribution in [0.3, 0.4) is 0 Å². The molecule has 3 N–H and O–H groups in total. The van der Waals surface area contributed by atoms with Gasteiger partial charge in [0.2, 0.25) is 10.0 Å². The lowest BCUT2D eigenvalue weighted by Crippen LogP contribution is -2.24. The summed E-state index contributed by atoms with van der Waals surface area (Å²) < 4.78 is 31.9. The third-order valence-electron chi connectivity index (χ3n) is 2.21. The molecule has 7 heteroatoms. The van der Waals surface area contributed by atoms with E-state index >= 15 is 0 Å². The lowest BCUT2D eigenvalue weighted by Gasteiger charge is -2.05. The van der Waals surface area contributed by atoms with E-state index in [1.807, 2.05) is 6.92 Å². The Labute approximate surface area is 112 Å². The van der Waals surface area contributed by atoms with Crippen molar-refractivity contribution in [3.63, 3.8) is 0 Å². The maximum Gasteiger partial charge on any atom is 0.250 e. The molecule has 0 bridgehead atoms. The second kappa shape index (κ2) is 7.85. The van der Waals surface area contributed by atoms with Gasteiger partial charge in [-0.15, -0.1) is 11.3 Å². The van der Waals surface area contributed by atoms with Gasteiger partial charge in [0, 0.05) is 31.2 Å². The van der Waals surface area contributed by atoms with E-state index in [1.165, 1.54) is 11.3 Å². The Kier molecular flexibility index (Phi) is 6.80. The van der Waals surface area contributed by atoms with Gasteiger partial charge in [0.25, 0.3) is 0 Å². The minimum atomic E-state index is -3.38. The number of hydrogen-bond donors (Lipinski definition) is 2. The predicted molar refractivity (Wildman–Crippen MR) is 73.1 cm³/mol. The number of nitrogens with two attached hydrogens (primary N) is 1. The zero-order valence-corrected chi connectivity index (χ0v) is 12.1. The molecule has 1 aromatic heterocycles. The molecule has 5 nitrogen and oxygen atoms in total. The predicted octanol–water partition coefficient (Wildman–Crippen LogP) is 1.30. The molecule has 1 aromatic rings. The van der Waals surface area contributed by atoms with Crippen LogP contribution >= 0.6 is 11.3 Å². The monoisotopic (exact) mass is 292 g/mol. The molecule has 1 heterocycles. The van der Waals surface area contributed by atoms with Crippen molar-refractivity contribution in [2.45, 2.75) is 30.5 Å². The van der Waals surface area contributed by atoms with E-state index in [0.717, 1.165) is 17.9 Å². The Morgan fingerprint density at radius 2 is 2.17 bits per heavy atom. The zero-order chi connectivity index (χ0) is 13.4. The molecule has 18 heavy (non-hydrogen) atoms. The van der Waals surface area contributed by atoms with Crippen LogP contribution in [-0.2, 0) is 21.3 Å². The van der Waals surface area contributed by atoms with E-state index in [1.54, 1.807) is 12.1 Å². The van der Waals surface area contributed by atoms with Crippen LogP contribution in [0.2, 0.25) is 0 Å². The zero-order valence-electron chi connectivity index (χ0n) is 10.5. The quantitative estimate of drug-likeness (QED) is 0.672. The maximum absolute atomic E-state index is 11.9. The molecule has 0 aliphatic heterocycles. The van der Waals surface area contributed by atoms with Crippen molar-refractivity contribution >= 4 is 21.4 Å². The largest absolute Gasteiger partial charge is 0.381 e. The minimum Gasteiger partial charge on any atom is -0.381 e. The van der Waals surface area contributed by atoms with Crippen LogP contribution in [0.15, 0.2) is 16.3 Å². The van der Waals surface area contributed by atoms with Gasteiger partial charge < -0.3 is 10.5 Å². The van der Waals surface area contributed by atoms with Crippen molar-refractivity contribution in [3.05, 3.63) is 17.0 Å². The molecule has 1 rings (SSSR count). The minimum absolute atomic E-state index is 0.317. The smallest absolute Gasteiger partial charge is 0.250 e. The van der Waals surface area contributed by atoms with Gasteiger partial charge in [-0.05, 0) is 25.0 Å². The number of sulfonamides is 1. The number of hydrogen-bond acceptors (Lipinski definition) is 5. The lowest BCUT2D eigenvalue weighted by molar-refractivity contribution is 0.133. The number of nitrogens with one attached hydrogen (secondary N) is 1. The van der Waals surface area contributed by atoms with E-state index in [2.05, 4.69) is 4.72 Å². The maximum atomic E-state index is 11.9. The van der Waals surface area contributed by atoms with Crippen LogP contribution in [0.4, 0.5) is 0 Å². The third-order valence-corrected chi connectivity index (χ3v) is 5.27. The van der Waals surface area contributed by atoms with Gasteiger partial charge in [0.15, 0.2) is 0 Å². The molecular formula is C11H20N2O3S2. The van der Waals surface area contributed by atoms with E-state index in [9.17, 15) is 8.42 Å². The summed E-state index contributed by atoms with van der Waals surface area (Å²) in [7, 11) is -3.38. The average Bonchev–Trinajstić information content (AvgIpc) is 2.83. The van der Waals surface area contributed by atoms with Gasteiger partial charge in [0.05, 0.1) is 0 Å². The van der Waals surface area contributed by atoms with Crippen molar-refractivity contribution in [2.75, 3.05) is 19.8 Å². The van der Waals surface area contributed by atoms with Crippen LogP contribution in [0.1, 0.15) is 24.6 Å². The fraction of sp³-hybridized carbons (Fsp3) is 0.636. The van der Waals surface area contributed by atoms with Crippen molar-refractivity contribution in [3.8, 4) is 0 Å². The van der Waals surface area contributed by atoms with Crippen molar-refractivity contribution in [2.24, 2.45) is 5.73 Å². The molecular weight excluding hydrogens is 272 g/mol. The molecule has 0 aliphatic carbocycles. The first-order chi connectivity index (χ1) is 8.60. The van der Waals surface area contributed by atoms with Gasteiger partial charge in [-0.2, -0.15) is 0 Å². The Morgan fingerprint density at radius 1 is 1.39 bits per heavy atom. The molecule has 0 amide bonds. The standard InChI is InChI=1S/C11H20N2O3S2/c1-2-7-16-8-3-6-13-18(14,15)11-5-4-10(9-12)17-11/h4-5,13H,2-3,6-9,12H2,1H3. The summed E-state index contributed by atoms with van der Waals surface area (Å²) in [6, 6.07) is 3.33. The van der Waals surface area contributed by atoms with E-state index in [4.69, 9.17) is 10.5 Å². The van der Waals surface area contributed by atoms with Gasteiger partial charge in [-0.1, -0.05) is 6.92 Å². The van der Waals surface area contributed by atoms with Crippen LogP contribution in [-0.4, -0.2) is 28.2 Å². The Balaban J connectivity index is 2.36. The molecule has 0 aromatic carbocycles. The highest BCUT2D eigenvalue weighted by Gasteiger charge is 2.15. The fourth-order valence-electron chi connectivity index (χ4n) is 1.31. The first-order valence-electron chi connectivity index (χ1n) is 5.96. The van der Waals surface area contributed by atoms with Crippen molar-refractivity contribution < 1.29 is 13.2 Å². The highest BCUT2D eigenvalue weighted by Crippen LogP contribution is 2.20. The van der Waals surface area contributed by atoms with Crippen LogP contribution in [0.5, 0.6) is 0 Å². The Bertz CT molecular complexity index is 443. The van der Waals surface area contributed by atoms with Crippen LogP contribution in [0.25, 0.3) is 0 Å². The van der Waals surface area contributed by atoms with Gasteiger partial charge >= 0.3 is 0 Å². The topological polar surface area (TPSA) is 81.4 Å². The molecule has 0 saturated heterocycles. The summed E-state index contributed by atoms with van der Waals surface area (Å²) in [5.74, 6) is 0. The summed E-state index contributed by atoms with van der Waals surface area (Å²) in [4.78, 5) is 0.863. The first kappa shape index (κ1) is 15.6. The van der Waals surface area contributed by atoms with Crippen molar-refractivity contribution in [1.82, 2.24) is 4.72 Å². The number of ether oxygens (including phenoxy) is 1. The average molecular weight is 292 g/mol. The number of rotatable bonds is 9. The molecule has 0 spiro atoms. The fourth-order valence-corrected chi connectivity index (χ4v) is 3.66. The second-order valence-electron chi connectivity index (χ2n) is 3.79. The first-order valence-corrected chi connectivity index (χ1v) is 8.26. The lowest BCUT2D eigenvalue weighted by atomic mass is 10.4. The van der Waals surface area contributed by atoms with E-state index < -0.39 is 10.0 Å². The summed E-state index contributed by atoms with van der Waals surface area (Å²) in [5, 5.41) is 0. The van der Waals surface area contributed by atoms with Crippen LogP contribution in [0, 0.1) is 0 Å². The summed E-state index contributed by atoms with van der Waals surface area (Å²) >= 11 is 1.21. The van der Waals surface area contributed by atoms with Crippen LogP contribution < -0.4 is 10.5 Å². The molecule has 0 aliphatic rings. The molecule has 0 atom stereocenters. The summed E-state index contributed by atoms with van der Waals surface area (Å²) in [6.45, 7) is 4.09. The van der Waals surface area contributed by atoms with E-state index in [0.29, 0.717) is 30.3 Å².